The van der Waals surface area contributed by atoms with Gasteiger partial charge >= 0.3 is 0 Å². The number of pyridine rings is 1. The lowest BCUT2D eigenvalue weighted by Crippen LogP contribution is -2.36. The van der Waals surface area contributed by atoms with Gasteiger partial charge in [0.2, 0.25) is 5.43 Å². The minimum absolute atomic E-state index is 0.0128. The van der Waals surface area contributed by atoms with Crippen LogP contribution in [0.15, 0.2) is 53.8 Å². The monoisotopic (exact) mass is 489 g/mol. The number of amides is 2. The summed E-state index contributed by atoms with van der Waals surface area (Å²) in [7, 11) is 1.60. The Hall–Kier alpha value is -3.88. The molecule has 188 valence electrons. The number of carbonyl (C=O) groups excluding carboxylic acids is 2. The van der Waals surface area contributed by atoms with Gasteiger partial charge in [0.05, 0.1) is 13.3 Å². The van der Waals surface area contributed by atoms with E-state index in [-0.39, 0.29) is 29.8 Å². The highest BCUT2D eigenvalue weighted by Gasteiger charge is 2.27. The molecule has 2 N–H and O–H groups in total. The van der Waals surface area contributed by atoms with E-state index in [0.29, 0.717) is 5.75 Å². The molecule has 2 aliphatic rings. The summed E-state index contributed by atoms with van der Waals surface area (Å²) in [5.41, 5.74) is 1.03. The second kappa shape index (κ2) is 10.4. The molecule has 9 heteroatoms. The fraction of sp³-hybridized carbons (Fsp3) is 0.407. The second-order valence-corrected chi connectivity index (χ2v) is 9.55. The number of carbonyl (C=O) groups is 2. The number of nitrogens with one attached hydrogen (secondary N) is 2. The van der Waals surface area contributed by atoms with Gasteiger partial charge in [0, 0.05) is 42.8 Å². The van der Waals surface area contributed by atoms with Gasteiger partial charge in [0.15, 0.2) is 0 Å². The lowest BCUT2D eigenvalue weighted by molar-refractivity contribution is 0.0947. The first kappa shape index (κ1) is 23.8. The molecule has 5 rings (SSSR count). The molecule has 0 spiro atoms. The van der Waals surface area contributed by atoms with E-state index in [1.807, 2.05) is 28.8 Å². The second-order valence-electron chi connectivity index (χ2n) is 9.55. The molecule has 2 heterocycles. The predicted octanol–water partition coefficient (Wildman–Crippen LogP) is 3.37. The van der Waals surface area contributed by atoms with Gasteiger partial charge in [0.1, 0.15) is 22.6 Å². The van der Waals surface area contributed by atoms with Crippen LogP contribution in [0.25, 0.3) is 5.69 Å². The van der Waals surface area contributed by atoms with E-state index in [4.69, 9.17) is 4.74 Å². The first-order chi connectivity index (χ1) is 17.5. The first-order valence-electron chi connectivity index (χ1n) is 12.6. The highest BCUT2D eigenvalue weighted by molar-refractivity contribution is 5.99. The van der Waals surface area contributed by atoms with Gasteiger partial charge in [-0.05, 0) is 37.8 Å². The molecule has 0 unspecified atom stereocenters. The van der Waals surface area contributed by atoms with Crippen LogP contribution in [0.2, 0.25) is 0 Å². The number of aromatic nitrogens is 3. The summed E-state index contributed by atoms with van der Waals surface area (Å²) in [5.74, 6) is -0.226. The summed E-state index contributed by atoms with van der Waals surface area (Å²) in [6.07, 6.45) is 13.9. The molecule has 36 heavy (non-hydrogen) atoms. The van der Waals surface area contributed by atoms with Crippen LogP contribution in [0.1, 0.15) is 77.3 Å². The zero-order chi connectivity index (χ0) is 25.1. The summed E-state index contributed by atoms with van der Waals surface area (Å²) in [4.78, 5) is 39.2. The maximum absolute atomic E-state index is 13.2. The van der Waals surface area contributed by atoms with Crippen molar-refractivity contribution in [3.63, 3.8) is 0 Å². The van der Waals surface area contributed by atoms with Crippen molar-refractivity contribution in [1.29, 1.82) is 0 Å². The van der Waals surface area contributed by atoms with Crippen LogP contribution in [0.3, 0.4) is 0 Å². The van der Waals surface area contributed by atoms with E-state index >= 15 is 0 Å². The van der Waals surface area contributed by atoms with Gasteiger partial charge in [-0.3, -0.25) is 14.4 Å². The highest BCUT2D eigenvalue weighted by Crippen LogP contribution is 2.28. The zero-order valence-electron chi connectivity index (χ0n) is 20.4. The summed E-state index contributed by atoms with van der Waals surface area (Å²) in [5, 5.41) is 10.1. The summed E-state index contributed by atoms with van der Waals surface area (Å²) in [6.45, 7) is 0.190. The Labute approximate surface area is 209 Å². The summed E-state index contributed by atoms with van der Waals surface area (Å²) < 4.78 is 8.98. The number of hydrogen-bond donors (Lipinski definition) is 2. The molecule has 0 bridgehead atoms. The first-order valence-corrected chi connectivity index (χ1v) is 12.6. The van der Waals surface area contributed by atoms with Gasteiger partial charge in [-0.15, -0.1) is 0 Å². The van der Waals surface area contributed by atoms with Crippen LogP contribution in [0, 0.1) is 0 Å². The third-order valence-electron chi connectivity index (χ3n) is 6.86. The van der Waals surface area contributed by atoms with Crippen LogP contribution < -0.4 is 20.8 Å². The van der Waals surface area contributed by atoms with Crippen LogP contribution in [0.4, 0.5) is 0 Å². The van der Waals surface area contributed by atoms with Crippen molar-refractivity contribution in [2.24, 2.45) is 0 Å². The van der Waals surface area contributed by atoms with E-state index in [1.54, 1.807) is 36.6 Å². The lowest BCUT2D eigenvalue weighted by atomic mass is 9.95. The number of methoxy groups -OCH3 is 1. The summed E-state index contributed by atoms with van der Waals surface area (Å²) >= 11 is 0. The highest BCUT2D eigenvalue weighted by atomic mass is 16.5. The van der Waals surface area contributed by atoms with Gasteiger partial charge < -0.3 is 19.9 Å². The molecule has 2 fully saturated rings. The minimum Gasteiger partial charge on any atom is -0.494 e. The molecule has 0 radical (unpaired) electrons. The van der Waals surface area contributed by atoms with Crippen molar-refractivity contribution in [1.82, 2.24) is 25.0 Å². The van der Waals surface area contributed by atoms with Crippen LogP contribution in [-0.2, 0) is 6.54 Å². The molecule has 0 saturated heterocycles. The van der Waals surface area contributed by atoms with Gasteiger partial charge in [0.25, 0.3) is 11.8 Å². The minimum atomic E-state index is -0.539. The molecule has 2 saturated carbocycles. The maximum atomic E-state index is 13.2. The molecule has 1 aromatic carbocycles. The Morgan fingerprint density at radius 3 is 2.44 bits per heavy atom. The molecular formula is C27H31N5O4. The maximum Gasteiger partial charge on any atom is 0.257 e. The Morgan fingerprint density at radius 1 is 1.00 bits per heavy atom. The van der Waals surface area contributed by atoms with Crippen LogP contribution in [0.5, 0.6) is 5.75 Å². The number of nitrogens with zero attached hydrogens (tertiary/aromatic N) is 3. The molecule has 2 aliphatic carbocycles. The Bertz CT molecular complexity index is 1320. The Morgan fingerprint density at radius 2 is 1.72 bits per heavy atom. The lowest BCUT2D eigenvalue weighted by Gasteiger charge is -2.25. The van der Waals surface area contributed by atoms with Crippen molar-refractivity contribution in [2.45, 2.75) is 63.6 Å². The fourth-order valence-corrected chi connectivity index (χ4v) is 4.68. The molecule has 2 aromatic heterocycles. The number of hydrogen-bond acceptors (Lipinski definition) is 5. The van der Waals surface area contributed by atoms with Gasteiger partial charge in [-0.1, -0.05) is 31.4 Å². The van der Waals surface area contributed by atoms with Crippen molar-refractivity contribution in [2.75, 3.05) is 7.11 Å². The van der Waals surface area contributed by atoms with Crippen molar-refractivity contribution in [3.05, 3.63) is 76.0 Å². The standard InChI is InChI=1S/C27H31N5O4/c1-36-24-10-6-5-9-23(24)32-15-18(14-29-32)13-28-26(34)21-16-31(20-7-3-2-4-8-20)17-22(25(21)33)27(35)30-19-11-12-19/h5-6,9-10,14-17,19-20H,2-4,7-8,11-13H2,1H3,(H,28,34)(H,30,35). The average Bonchev–Trinajstić information content (AvgIpc) is 3.60. The number of benzene rings is 1. The Kier molecular flexibility index (Phi) is 6.88. The van der Waals surface area contributed by atoms with E-state index < -0.39 is 17.2 Å². The third-order valence-corrected chi connectivity index (χ3v) is 6.86. The molecular weight excluding hydrogens is 458 g/mol. The fourth-order valence-electron chi connectivity index (χ4n) is 4.68. The zero-order valence-corrected chi connectivity index (χ0v) is 20.4. The summed E-state index contributed by atoms with van der Waals surface area (Å²) in [6, 6.07) is 7.81. The molecule has 0 aliphatic heterocycles. The van der Waals surface area contributed by atoms with E-state index in [0.717, 1.165) is 49.8 Å². The van der Waals surface area contributed by atoms with Crippen LogP contribution in [-0.4, -0.2) is 39.3 Å². The smallest absolute Gasteiger partial charge is 0.257 e. The van der Waals surface area contributed by atoms with Gasteiger partial charge in [-0.25, -0.2) is 4.68 Å². The van der Waals surface area contributed by atoms with E-state index in [1.165, 1.54) is 6.42 Å². The van der Waals surface area contributed by atoms with Crippen molar-refractivity contribution in [3.8, 4) is 11.4 Å². The van der Waals surface area contributed by atoms with Crippen LogP contribution >= 0.6 is 0 Å². The molecule has 2 amide bonds. The predicted molar refractivity (Wildman–Crippen MR) is 135 cm³/mol. The topological polar surface area (TPSA) is 107 Å². The quantitative estimate of drug-likeness (QED) is 0.505. The van der Waals surface area contributed by atoms with Crippen molar-refractivity contribution < 1.29 is 14.3 Å². The molecule has 3 aromatic rings. The SMILES string of the molecule is COc1ccccc1-n1cc(CNC(=O)c2cn(C3CCCCC3)cc(C(=O)NC3CC3)c2=O)cn1. The third kappa shape index (κ3) is 5.19. The largest absolute Gasteiger partial charge is 0.494 e. The molecule has 0 atom stereocenters. The van der Waals surface area contributed by atoms with Crippen molar-refractivity contribution >= 4 is 11.8 Å². The molecule has 9 nitrogen and oxygen atoms in total. The number of para-hydroxylation sites is 2. The average molecular weight is 490 g/mol. The number of rotatable bonds is 8. The van der Waals surface area contributed by atoms with Gasteiger partial charge in [-0.2, -0.15) is 5.10 Å². The number of ether oxygens (including phenoxy) is 1. The van der Waals surface area contributed by atoms with E-state index in [9.17, 15) is 14.4 Å². The normalized spacial score (nSPS) is 15.9. The van der Waals surface area contributed by atoms with E-state index in [2.05, 4.69) is 15.7 Å². The Balaban J connectivity index is 1.36.